The highest BCUT2D eigenvalue weighted by Gasteiger charge is 2.18. The molecule has 0 aliphatic heterocycles. The lowest BCUT2D eigenvalue weighted by molar-refractivity contribution is 0.411. The van der Waals surface area contributed by atoms with Gasteiger partial charge < -0.3 is 4.74 Å². The molecule has 1 heterocycles. The Bertz CT molecular complexity index is 1100. The first-order valence-electron chi connectivity index (χ1n) is 8.35. The average molecular weight is 400 g/mol. The predicted molar refractivity (Wildman–Crippen MR) is 109 cm³/mol. The zero-order valence-corrected chi connectivity index (χ0v) is 16.8. The lowest BCUT2D eigenvalue weighted by atomic mass is 10.2. The van der Waals surface area contributed by atoms with Gasteiger partial charge in [-0.05, 0) is 37.6 Å². The van der Waals surface area contributed by atoms with Crippen molar-refractivity contribution < 1.29 is 4.74 Å². The zero-order chi connectivity index (χ0) is 19.6. The Morgan fingerprint density at radius 1 is 1.37 bits per heavy atom. The van der Waals surface area contributed by atoms with Gasteiger partial charge in [-0.25, -0.2) is 4.98 Å². The fourth-order valence-electron chi connectivity index (χ4n) is 2.64. The molecule has 0 bridgehead atoms. The summed E-state index contributed by atoms with van der Waals surface area (Å²) >= 11 is 7.60. The maximum Gasteiger partial charge on any atom is 0.266 e. The summed E-state index contributed by atoms with van der Waals surface area (Å²) in [5.74, 6) is 0.844. The van der Waals surface area contributed by atoms with E-state index in [9.17, 15) is 4.79 Å². The first kappa shape index (κ1) is 19.3. The molecule has 7 heteroatoms. The Morgan fingerprint density at radius 2 is 2.11 bits per heavy atom. The van der Waals surface area contributed by atoms with Crippen LogP contribution in [0.4, 0.5) is 0 Å². The van der Waals surface area contributed by atoms with Crippen molar-refractivity contribution in [2.45, 2.75) is 19.0 Å². The molecule has 3 aromatic rings. The molecule has 138 valence electrons. The minimum Gasteiger partial charge on any atom is -0.495 e. The second-order valence-corrected chi connectivity index (χ2v) is 7.56. The van der Waals surface area contributed by atoms with Crippen molar-refractivity contribution >= 4 is 34.3 Å². The molecule has 0 N–H and O–H groups in total. The molecule has 1 atom stereocenters. The van der Waals surface area contributed by atoms with Gasteiger partial charge in [-0.15, -0.1) is 0 Å². The molecule has 3 rings (SSSR count). The van der Waals surface area contributed by atoms with E-state index in [0.29, 0.717) is 38.3 Å². The highest BCUT2D eigenvalue weighted by atomic mass is 35.5. The maximum atomic E-state index is 13.3. The van der Waals surface area contributed by atoms with Crippen LogP contribution in [0, 0.1) is 24.2 Å². The van der Waals surface area contributed by atoms with E-state index < -0.39 is 0 Å². The van der Waals surface area contributed by atoms with E-state index in [2.05, 4.69) is 11.1 Å². The number of para-hydroxylation sites is 1. The Hall–Kier alpha value is -2.49. The van der Waals surface area contributed by atoms with E-state index >= 15 is 0 Å². The summed E-state index contributed by atoms with van der Waals surface area (Å²) in [4.78, 5) is 18.0. The number of aromatic nitrogens is 2. The summed E-state index contributed by atoms with van der Waals surface area (Å²) in [7, 11) is 1.54. The third kappa shape index (κ3) is 3.80. The third-order valence-corrected chi connectivity index (χ3v) is 5.73. The number of thioether (sulfide) groups is 1. The summed E-state index contributed by atoms with van der Waals surface area (Å²) in [6, 6.07) is 12.9. The number of fused-ring (bicyclic) bond motifs is 1. The molecule has 5 nitrogen and oxygen atoms in total. The number of aryl methyl sites for hydroxylation is 1. The lowest BCUT2D eigenvalue weighted by Crippen LogP contribution is -2.22. The van der Waals surface area contributed by atoms with E-state index in [-0.39, 0.29) is 11.5 Å². The van der Waals surface area contributed by atoms with Gasteiger partial charge in [0.1, 0.15) is 5.75 Å². The number of hydrogen-bond donors (Lipinski definition) is 0. The van der Waals surface area contributed by atoms with Crippen molar-refractivity contribution in [3.63, 3.8) is 0 Å². The number of hydrogen-bond acceptors (Lipinski definition) is 5. The number of halogens is 1. The molecule has 0 radical (unpaired) electrons. The highest BCUT2D eigenvalue weighted by molar-refractivity contribution is 7.99. The summed E-state index contributed by atoms with van der Waals surface area (Å²) < 4.78 is 7.01. The molecular formula is C20H18ClN3O2S. The molecule has 0 saturated heterocycles. The molecule has 2 aromatic carbocycles. The van der Waals surface area contributed by atoms with Crippen molar-refractivity contribution in [3.05, 3.63) is 57.3 Å². The van der Waals surface area contributed by atoms with Crippen molar-refractivity contribution in [3.8, 4) is 17.5 Å². The van der Waals surface area contributed by atoms with Crippen LogP contribution in [0.1, 0.15) is 12.5 Å². The van der Waals surface area contributed by atoms with Crippen LogP contribution in [0.2, 0.25) is 5.02 Å². The van der Waals surface area contributed by atoms with E-state index in [1.807, 2.05) is 38.1 Å². The number of rotatable bonds is 5. The van der Waals surface area contributed by atoms with Gasteiger partial charge in [0.15, 0.2) is 5.16 Å². The van der Waals surface area contributed by atoms with Crippen LogP contribution in [-0.2, 0) is 0 Å². The number of methoxy groups -OCH3 is 1. The first-order chi connectivity index (χ1) is 13.0. The fourth-order valence-corrected chi connectivity index (χ4v) is 3.75. The van der Waals surface area contributed by atoms with Crippen molar-refractivity contribution in [1.29, 1.82) is 5.26 Å². The SMILES string of the molecule is COc1cc(Cl)c(C)cc1-n1c(SC[C@@H](C)C#N)nc2ccccc2c1=O. The van der Waals surface area contributed by atoms with Crippen LogP contribution >= 0.6 is 23.4 Å². The largest absolute Gasteiger partial charge is 0.495 e. The van der Waals surface area contributed by atoms with Gasteiger partial charge in [0.25, 0.3) is 5.56 Å². The van der Waals surface area contributed by atoms with E-state index in [1.165, 1.54) is 18.9 Å². The molecule has 0 spiro atoms. The van der Waals surface area contributed by atoms with E-state index in [0.717, 1.165) is 5.56 Å². The summed E-state index contributed by atoms with van der Waals surface area (Å²) in [6.45, 7) is 3.71. The Morgan fingerprint density at radius 3 is 2.81 bits per heavy atom. The van der Waals surface area contributed by atoms with Crippen LogP contribution in [0.3, 0.4) is 0 Å². The van der Waals surface area contributed by atoms with Gasteiger partial charge in [0, 0.05) is 16.8 Å². The molecule has 0 aliphatic rings. The second-order valence-electron chi connectivity index (χ2n) is 6.17. The van der Waals surface area contributed by atoms with Crippen LogP contribution < -0.4 is 10.3 Å². The van der Waals surface area contributed by atoms with Gasteiger partial charge in [-0.2, -0.15) is 5.26 Å². The molecule has 0 fully saturated rings. The van der Waals surface area contributed by atoms with E-state index in [1.54, 1.807) is 16.7 Å². The van der Waals surface area contributed by atoms with Crippen LogP contribution in [-0.4, -0.2) is 22.4 Å². The smallest absolute Gasteiger partial charge is 0.266 e. The summed E-state index contributed by atoms with van der Waals surface area (Å²) in [5.41, 5.74) is 1.84. The van der Waals surface area contributed by atoms with Crippen LogP contribution in [0.25, 0.3) is 16.6 Å². The third-order valence-electron chi connectivity index (χ3n) is 4.13. The van der Waals surface area contributed by atoms with Crippen LogP contribution in [0.15, 0.2) is 46.3 Å². The Kier molecular flexibility index (Phi) is 5.73. The predicted octanol–water partition coefficient (Wildman–Crippen LogP) is 4.61. The summed E-state index contributed by atoms with van der Waals surface area (Å²) in [6.07, 6.45) is 0. The van der Waals surface area contributed by atoms with Crippen molar-refractivity contribution in [1.82, 2.24) is 9.55 Å². The number of nitriles is 1. The minimum atomic E-state index is -0.187. The maximum absolute atomic E-state index is 13.3. The Balaban J connectivity index is 2.30. The number of benzene rings is 2. The standard InChI is InChI=1S/C20H18ClN3O2S/c1-12(10-22)11-27-20-23-16-7-5-4-6-14(16)19(25)24(20)17-8-13(2)15(21)9-18(17)26-3/h4-9,12H,11H2,1-3H3/t12-/m0/s1. The second kappa shape index (κ2) is 8.03. The van der Waals surface area contributed by atoms with Gasteiger partial charge in [0.2, 0.25) is 0 Å². The number of nitrogens with zero attached hydrogens (tertiary/aromatic N) is 3. The number of ether oxygens (including phenoxy) is 1. The van der Waals surface area contributed by atoms with Gasteiger partial charge in [0.05, 0.1) is 35.7 Å². The Labute approximate surface area is 166 Å². The van der Waals surface area contributed by atoms with Crippen LogP contribution in [0.5, 0.6) is 5.75 Å². The van der Waals surface area contributed by atoms with Crippen molar-refractivity contribution in [2.24, 2.45) is 5.92 Å². The summed E-state index contributed by atoms with van der Waals surface area (Å²) in [5, 5.41) is 10.7. The molecule has 0 aliphatic carbocycles. The molecule has 27 heavy (non-hydrogen) atoms. The average Bonchev–Trinajstić information content (AvgIpc) is 2.68. The topological polar surface area (TPSA) is 67.9 Å². The molecule has 0 amide bonds. The molecule has 0 unspecified atom stereocenters. The minimum absolute atomic E-state index is 0.166. The highest BCUT2D eigenvalue weighted by Crippen LogP contribution is 2.32. The lowest BCUT2D eigenvalue weighted by Gasteiger charge is -2.17. The van der Waals surface area contributed by atoms with Gasteiger partial charge in [-0.3, -0.25) is 9.36 Å². The van der Waals surface area contributed by atoms with Gasteiger partial charge >= 0.3 is 0 Å². The quantitative estimate of drug-likeness (QED) is 0.463. The molecule has 1 aromatic heterocycles. The zero-order valence-electron chi connectivity index (χ0n) is 15.2. The monoisotopic (exact) mass is 399 g/mol. The molecule has 0 saturated carbocycles. The normalized spacial score (nSPS) is 12.0. The first-order valence-corrected chi connectivity index (χ1v) is 9.71. The van der Waals surface area contributed by atoms with Gasteiger partial charge in [-0.1, -0.05) is 35.5 Å². The van der Waals surface area contributed by atoms with Crippen molar-refractivity contribution in [2.75, 3.05) is 12.9 Å². The van der Waals surface area contributed by atoms with E-state index in [4.69, 9.17) is 21.6 Å². The molecular weight excluding hydrogens is 382 g/mol. The fraction of sp³-hybridized carbons (Fsp3) is 0.250.